The molecule has 1 heterocycles. The van der Waals surface area contributed by atoms with Gasteiger partial charge < -0.3 is 15.5 Å². The van der Waals surface area contributed by atoms with Gasteiger partial charge in [0.2, 0.25) is 5.91 Å². The van der Waals surface area contributed by atoms with E-state index in [2.05, 4.69) is 11.8 Å². The van der Waals surface area contributed by atoms with Crippen LogP contribution >= 0.6 is 12.2 Å². The molecule has 5 heteroatoms. The predicted molar refractivity (Wildman–Crippen MR) is 64.6 cm³/mol. The second-order valence-electron chi connectivity index (χ2n) is 3.88. The van der Waals surface area contributed by atoms with Crippen LogP contribution < -0.4 is 5.73 Å². The molecule has 0 aromatic heterocycles. The zero-order chi connectivity index (χ0) is 11.4. The van der Waals surface area contributed by atoms with Gasteiger partial charge in [-0.05, 0) is 13.5 Å². The Labute approximate surface area is 96.4 Å². The number of carbonyl (C=O) groups excluding carboxylic acids is 1. The fourth-order valence-corrected chi connectivity index (χ4v) is 1.78. The summed E-state index contributed by atoms with van der Waals surface area (Å²) >= 11 is 4.83. The van der Waals surface area contributed by atoms with Crippen molar-refractivity contribution in [2.45, 2.75) is 13.8 Å². The maximum atomic E-state index is 11.9. The highest BCUT2D eigenvalue weighted by molar-refractivity contribution is 7.80. The van der Waals surface area contributed by atoms with Crippen LogP contribution in [-0.4, -0.2) is 53.4 Å². The smallest absolute Gasteiger partial charge is 0.232 e. The van der Waals surface area contributed by atoms with Crippen molar-refractivity contribution >= 4 is 23.1 Å². The van der Waals surface area contributed by atoms with Crippen molar-refractivity contribution in [3.05, 3.63) is 0 Å². The molecule has 0 aromatic carbocycles. The van der Waals surface area contributed by atoms with Gasteiger partial charge in [0, 0.05) is 26.2 Å². The highest BCUT2D eigenvalue weighted by Crippen LogP contribution is 2.07. The molecule has 0 spiro atoms. The third-order valence-electron chi connectivity index (χ3n) is 2.93. The van der Waals surface area contributed by atoms with E-state index < -0.39 is 0 Å². The molecular formula is C10H19N3OS. The molecular weight excluding hydrogens is 210 g/mol. The Morgan fingerprint density at radius 1 is 1.40 bits per heavy atom. The molecule has 0 bridgehead atoms. The van der Waals surface area contributed by atoms with E-state index in [0.29, 0.717) is 0 Å². The van der Waals surface area contributed by atoms with Gasteiger partial charge in [-0.1, -0.05) is 19.1 Å². The van der Waals surface area contributed by atoms with E-state index in [1.807, 2.05) is 4.90 Å². The second-order valence-corrected chi connectivity index (χ2v) is 4.36. The quantitative estimate of drug-likeness (QED) is 0.696. The first-order valence-corrected chi connectivity index (χ1v) is 5.77. The van der Waals surface area contributed by atoms with Gasteiger partial charge in [-0.3, -0.25) is 4.79 Å². The van der Waals surface area contributed by atoms with Crippen LogP contribution in [0.1, 0.15) is 13.8 Å². The average Bonchev–Trinajstić information content (AvgIpc) is 2.27. The Bertz CT molecular complexity index is 249. The maximum Gasteiger partial charge on any atom is 0.232 e. The van der Waals surface area contributed by atoms with Gasteiger partial charge in [0.15, 0.2) is 0 Å². The third kappa shape index (κ3) is 3.14. The van der Waals surface area contributed by atoms with Crippen LogP contribution in [0.5, 0.6) is 0 Å². The van der Waals surface area contributed by atoms with Gasteiger partial charge in [-0.25, -0.2) is 0 Å². The fourth-order valence-electron chi connectivity index (χ4n) is 1.68. The number of likely N-dealkylation sites (N-methyl/N-ethyl adjacent to an activating group) is 1. The minimum absolute atomic E-state index is 0.0678. The van der Waals surface area contributed by atoms with E-state index in [9.17, 15) is 4.79 Å². The van der Waals surface area contributed by atoms with Gasteiger partial charge >= 0.3 is 0 Å². The van der Waals surface area contributed by atoms with Gasteiger partial charge in [0.05, 0.1) is 10.9 Å². The van der Waals surface area contributed by atoms with E-state index in [-0.39, 0.29) is 16.8 Å². The highest BCUT2D eigenvalue weighted by Gasteiger charge is 2.25. The minimum Gasteiger partial charge on any atom is -0.393 e. The Kier molecular flexibility index (Phi) is 4.47. The summed E-state index contributed by atoms with van der Waals surface area (Å²) in [6, 6.07) is 0. The first-order chi connectivity index (χ1) is 7.06. The topological polar surface area (TPSA) is 49.6 Å². The summed E-state index contributed by atoms with van der Waals surface area (Å²) in [5, 5.41) is 0. The number of thiocarbonyl (C=S) groups is 1. The van der Waals surface area contributed by atoms with Gasteiger partial charge in [-0.2, -0.15) is 0 Å². The van der Waals surface area contributed by atoms with Crippen molar-refractivity contribution in [3.63, 3.8) is 0 Å². The second kappa shape index (κ2) is 5.42. The first kappa shape index (κ1) is 12.4. The molecule has 1 aliphatic rings. The lowest BCUT2D eigenvalue weighted by Gasteiger charge is -2.35. The Hall–Kier alpha value is -0.680. The molecule has 1 saturated heterocycles. The van der Waals surface area contributed by atoms with E-state index >= 15 is 0 Å². The van der Waals surface area contributed by atoms with Crippen molar-refractivity contribution in [2.75, 3.05) is 32.7 Å². The van der Waals surface area contributed by atoms with E-state index in [0.717, 1.165) is 32.7 Å². The molecule has 2 N–H and O–H groups in total. The molecule has 1 rings (SSSR count). The molecule has 4 nitrogen and oxygen atoms in total. The summed E-state index contributed by atoms with van der Waals surface area (Å²) in [5.41, 5.74) is 5.47. The molecule has 1 unspecified atom stereocenters. The van der Waals surface area contributed by atoms with Crippen molar-refractivity contribution in [1.29, 1.82) is 0 Å². The van der Waals surface area contributed by atoms with Crippen LogP contribution in [0.25, 0.3) is 0 Å². The van der Waals surface area contributed by atoms with Crippen molar-refractivity contribution in [1.82, 2.24) is 9.80 Å². The van der Waals surface area contributed by atoms with Crippen molar-refractivity contribution < 1.29 is 4.79 Å². The molecule has 0 aliphatic carbocycles. The largest absolute Gasteiger partial charge is 0.393 e. The normalized spacial score (nSPS) is 20.0. The fraction of sp³-hybridized carbons (Fsp3) is 0.800. The SMILES string of the molecule is CCN1CCN(C(=O)C(C)C(N)=S)CC1. The number of hydrogen-bond acceptors (Lipinski definition) is 3. The monoisotopic (exact) mass is 229 g/mol. The Morgan fingerprint density at radius 2 is 1.93 bits per heavy atom. The van der Waals surface area contributed by atoms with Crippen molar-refractivity contribution in [2.24, 2.45) is 11.7 Å². The molecule has 1 atom stereocenters. The number of hydrogen-bond donors (Lipinski definition) is 1. The van der Waals surface area contributed by atoms with Crippen LogP contribution in [0.15, 0.2) is 0 Å². The van der Waals surface area contributed by atoms with Gasteiger partial charge in [0.1, 0.15) is 0 Å². The molecule has 1 fully saturated rings. The van der Waals surface area contributed by atoms with Crippen LogP contribution in [0.2, 0.25) is 0 Å². The summed E-state index contributed by atoms with van der Waals surface area (Å²) in [4.78, 5) is 16.3. The zero-order valence-corrected chi connectivity index (χ0v) is 10.2. The van der Waals surface area contributed by atoms with Crippen LogP contribution in [-0.2, 0) is 4.79 Å². The third-order valence-corrected chi connectivity index (χ3v) is 3.28. The van der Waals surface area contributed by atoms with E-state index in [1.54, 1.807) is 6.92 Å². The lowest BCUT2D eigenvalue weighted by atomic mass is 10.1. The molecule has 1 aliphatic heterocycles. The predicted octanol–water partition coefficient (Wildman–Crippen LogP) is 0.0727. The summed E-state index contributed by atoms with van der Waals surface area (Å²) in [5.74, 6) is -0.258. The number of piperazine rings is 1. The minimum atomic E-state index is -0.326. The van der Waals surface area contributed by atoms with Crippen LogP contribution in [0.4, 0.5) is 0 Å². The van der Waals surface area contributed by atoms with Crippen LogP contribution in [0, 0.1) is 5.92 Å². The van der Waals surface area contributed by atoms with Gasteiger partial charge in [0.25, 0.3) is 0 Å². The molecule has 0 radical (unpaired) electrons. The Balaban J connectivity index is 2.46. The average molecular weight is 229 g/mol. The van der Waals surface area contributed by atoms with Crippen LogP contribution in [0.3, 0.4) is 0 Å². The van der Waals surface area contributed by atoms with E-state index in [1.165, 1.54) is 0 Å². The molecule has 1 amide bonds. The number of carbonyl (C=O) groups is 1. The highest BCUT2D eigenvalue weighted by atomic mass is 32.1. The summed E-state index contributed by atoms with van der Waals surface area (Å²) in [7, 11) is 0. The number of nitrogens with two attached hydrogens (primary N) is 1. The lowest BCUT2D eigenvalue weighted by Crippen LogP contribution is -2.51. The molecule has 0 saturated carbocycles. The van der Waals surface area contributed by atoms with E-state index in [4.69, 9.17) is 18.0 Å². The maximum absolute atomic E-state index is 11.9. The summed E-state index contributed by atoms with van der Waals surface area (Å²) in [6.07, 6.45) is 0. The molecule has 15 heavy (non-hydrogen) atoms. The standard InChI is InChI=1S/C10H19N3OS/c1-3-12-4-6-13(7-5-12)10(14)8(2)9(11)15/h8H,3-7H2,1-2H3,(H2,11,15). The zero-order valence-electron chi connectivity index (χ0n) is 9.40. The first-order valence-electron chi connectivity index (χ1n) is 5.36. The molecule has 0 aromatic rings. The molecule has 86 valence electrons. The van der Waals surface area contributed by atoms with Gasteiger partial charge in [-0.15, -0.1) is 0 Å². The summed E-state index contributed by atoms with van der Waals surface area (Å²) in [6.45, 7) is 8.44. The van der Waals surface area contributed by atoms with Crippen molar-refractivity contribution in [3.8, 4) is 0 Å². The number of amides is 1. The summed E-state index contributed by atoms with van der Waals surface area (Å²) < 4.78 is 0. The number of nitrogens with zero attached hydrogens (tertiary/aromatic N) is 2. The Morgan fingerprint density at radius 3 is 2.33 bits per heavy atom. The lowest BCUT2D eigenvalue weighted by molar-refractivity contribution is -0.134. The number of rotatable bonds is 3.